The first-order valence-electron chi connectivity index (χ1n) is 32.2. The van der Waals surface area contributed by atoms with Gasteiger partial charge in [-0.05, 0) is 146 Å². The van der Waals surface area contributed by atoms with Gasteiger partial charge in [-0.2, -0.15) is 0 Å². The van der Waals surface area contributed by atoms with Crippen molar-refractivity contribution in [2.45, 2.75) is 197 Å². The zero-order chi connectivity index (χ0) is 58.9. The molecule has 25 unspecified atom stereocenters. The first kappa shape index (κ1) is 57.9. The number of aliphatic carboxylic acids is 1. The molecule has 7 saturated carbocycles. The van der Waals surface area contributed by atoms with Gasteiger partial charge in [-0.15, -0.1) is 0 Å². The number of rotatable bonds is 11. The Bertz CT molecular complexity index is 2910. The van der Waals surface area contributed by atoms with Gasteiger partial charge >= 0.3 is 5.97 Å². The summed E-state index contributed by atoms with van der Waals surface area (Å²) in [5.74, 6) is -3.49. The largest absolute Gasteiger partial charge is 0.481 e. The van der Waals surface area contributed by atoms with Crippen LogP contribution in [0.15, 0.2) is 42.7 Å². The van der Waals surface area contributed by atoms with Crippen LogP contribution < -0.4 is 16.4 Å². The van der Waals surface area contributed by atoms with E-state index in [1.165, 1.54) is 5.57 Å². The standard InChI is InChI=1S/C64H93N7O13/c1-57(28-72)19-20-62(56(81)82)37(24-57)35-21-32-9-8-16-61(59(35,3)36-22-39-53(70-31-68-39)67-25-38(36)62)17-13-41-58(2,29-73)52(84-54-49(79)47(77)40(74)27-83-54)48(78)45(64(41,50(32)61)33-10-4-5-11-33)34-12-18-63(42-26-66-30-69-42,43(75)23-44(65)76)51-46(34)60(55(80)71-51)14-6-7-15-60/h12,18,21,26,30-34,36-38,40-41,43-52,54,67,72-79H,4-11,13-17,19-20,22-25,27-29,65H2,1-3H3,(H,66,69)(H,68,70)(H,71,80)(H,81,82). The van der Waals surface area contributed by atoms with Crippen molar-refractivity contribution in [3.8, 4) is 0 Å². The lowest BCUT2D eigenvalue weighted by atomic mass is 9.24. The molecule has 5 heterocycles. The average molecular weight is 1170 g/mol. The maximum atomic E-state index is 15.6. The second kappa shape index (κ2) is 20.1. The lowest BCUT2D eigenvalue weighted by Crippen LogP contribution is -2.79. The summed E-state index contributed by atoms with van der Waals surface area (Å²) in [7, 11) is 0. The van der Waals surface area contributed by atoms with E-state index in [0.29, 0.717) is 57.2 Å². The quantitative estimate of drug-likeness (QED) is 0.0864. The van der Waals surface area contributed by atoms with Gasteiger partial charge in [0.15, 0.2) is 6.29 Å². The number of allylic oxidation sites excluding steroid dienone is 3. The number of carbonyl (C=O) groups is 2. The van der Waals surface area contributed by atoms with Crippen LogP contribution in [0.1, 0.15) is 141 Å². The number of amides is 1. The Hall–Kier alpha value is -3.80. The zero-order valence-electron chi connectivity index (χ0n) is 49.1. The van der Waals surface area contributed by atoms with E-state index in [1.807, 2.05) is 13.0 Å². The summed E-state index contributed by atoms with van der Waals surface area (Å²) < 4.78 is 13.2. The fourth-order valence-corrected chi connectivity index (χ4v) is 24.1. The Morgan fingerprint density at radius 2 is 1.65 bits per heavy atom. The predicted octanol–water partition coefficient (Wildman–Crippen LogP) is 3.79. The number of aromatic amines is 2. The third-order valence-corrected chi connectivity index (χ3v) is 27.4. The van der Waals surface area contributed by atoms with Crippen LogP contribution in [0.4, 0.5) is 5.82 Å². The molecule has 15 N–H and O–H groups in total. The SMILES string of the molecule is CC1(CO)CCC2(C(=O)O)C(C1)C1=CC3CCCC4(CCC5C(C)(CO)C(OC6OCC(O)C(O)C6O)C(O)C(C6C=CC(c7cnc[nH]7)(C(O)CC(N)O)C7NC(=O)C8(CCCC8)C67)C5(C5CCCC5)C34)C1(C)C1Cc3[nH]cnc3NCC12. The molecule has 2 aromatic heterocycles. The van der Waals surface area contributed by atoms with E-state index >= 15 is 4.79 Å². The van der Waals surface area contributed by atoms with Crippen molar-refractivity contribution < 1.29 is 65.0 Å². The van der Waals surface area contributed by atoms with E-state index < -0.39 is 129 Å². The third-order valence-electron chi connectivity index (χ3n) is 27.4. The van der Waals surface area contributed by atoms with Crippen LogP contribution >= 0.6 is 0 Å². The van der Waals surface area contributed by atoms with Gasteiger partial charge in [0.1, 0.15) is 30.4 Å². The van der Waals surface area contributed by atoms with Crippen molar-refractivity contribution in [1.82, 2.24) is 25.3 Å². The summed E-state index contributed by atoms with van der Waals surface area (Å²) in [5, 5.41) is 115. The summed E-state index contributed by atoms with van der Waals surface area (Å²) in [6.07, 6.45) is 12.5. The maximum absolute atomic E-state index is 15.6. The highest BCUT2D eigenvalue weighted by atomic mass is 16.7. The van der Waals surface area contributed by atoms with Gasteiger partial charge in [0.05, 0.1) is 72.2 Å². The highest BCUT2D eigenvalue weighted by Gasteiger charge is 2.82. The predicted molar refractivity (Wildman–Crippen MR) is 304 cm³/mol. The fourth-order valence-electron chi connectivity index (χ4n) is 24.1. The number of anilines is 1. The number of imidazole rings is 2. The van der Waals surface area contributed by atoms with Crippen molar-refractivity contribution in [2.24, 2.45) is 103 Å². The number of H-pyrrole nitrogens is 2. The summed E-state index contributed by atoms with van der Waals surface area (Å²) >= 11 is 0. The Labute approximate surface area is 491 Å². The molecule has 9 aliphatic carbocycles. The number of carboxylic acids is 1. The average Bonchev–Trinajstić information content (AvgIpc) is 0.797. The van der Waals surface area contributed by atoms with E-state index in [0.717, 1.165) is 75.7 Å². The minimum atomic E-state index is -1.69. The molecule has 1 amide bonds. The van der Waals surface area contributed by atoms with E-state index in [9.17, 15) is 50.8 Å². The highest BCUT2D eigenvalue weighted by Crippen LogP contribution is 2.85. The van der Waals surface area contributed by atoms with Crippen molar-refractivity contribution in [1.29, 1.82) is 0 Å². The third kappa shape index (κ3) is 7.39. The molecule has 20 heteroatoms. The zero-order valence-corrected chi connectivity index (χ0v) is 49.1. The molecule has 25 atom stereocenters. The second-order valence-corrected chi connectivity index (χ2v) is 30.2. The van der Waals surface area contributed by atoms with Gasteiger partial charge in [-0.1, -0.05) is 76.7 Å². The number of aliphatic hydroxyl groups is 8. The molecule has 14 rings (SSSR count). The van der Waals surface area contributed by atoms with Crippen molar-refractivity contribution in [2.75, 3.05) is 31.7 Å². The van der Waals surface area contributed by atoms with Crippen LogP contribution in [0.3, 0.4) is 0 Å². The number of hydrogen-bond acceptors (Lipinski definition) is 16. The number of carbonyl (C=O) groups excluding carboxylic acids is 1. The van der Waals surface area contributed by atoms with Crippen molar-refractivity contribution in [3.05, 3.63) is 54.0 Å². The fraction of sp³-hybridized carbons (Fsp3) is 0.812. The highest BCUT2D eigenvalue weighted by molar-refractivity contribution is 5.87. The Morgan fingerprint density at radius 3 is 2.36 bits per heavy atom. The molecule has 2 aromatic rings. The smallest absolute Gasteiger partial charge is 0.310 e. The van der Waals surface area contributed by atoms with Crippen molar-refractivity contribution in [3.63, 3.8) is 0 Å². The van der Waals surface area contributed by atoms with Gasteiger partial charge in [0, 0.05) is 48.7 Å². The number of hydrogen-bond donors (Lipinski definition) is 14. The Kier molecular flexibility index (Phi) is 13.9. The topological polar surface area (TPSA) is 342 Å². The number of aliphatic hydroxyl groups excluding tert-OH is 8. The molecule has 462 valence electrons. The summed E-state index contributed by atoms with van der Waals surface area (Å²) in [6.45, 7) is 6.28. The van der Waals surface area contributed by atoms with Gasteiger partial charge in [-0.3, -0.25) is 9.59 Å². The molecule has 9 fully saturated rings. The van der Waals surface area contributed by atoms with Crippen LogP contribution in [-0.2, 0) is 30.9 Å². The van der Waals surface area contributed by atoms with Crippen LogP contribution in [0.2, 0.25) is 0 Å². The Morgan fingerprint density at radius 1 is 0.881 bits per heavy atom. The summed E-state index contributed by atoms with van der Waals surface area (Å²) in [5.41, 5.74) is 1.75. The van der Waals surface area contributed by atoms with Crippen LogP contribution in [0.25, 0.3) is 0 Å². The van der Waals surface area contributed by atoms with Crippen LogP contribution in [0.5, 0.6) is 0 Å². The lowest BCUT2D eigenvalue weighted by molar-refractivity contribution is -0.361. The van der Waals surface area contributed by atoms with Gasteiger partial charge in [0.25, 0.3) is 0 Å². The van der Waals surface area contributed by atoms with E-state index in [1.54, 1.807) is 18.9 Å². The summed E-state index contributed by atoms with van der Waals surface area (Å²) in [4.78, 5) is 46.5. The first-order valence-corrected chi connectivity index (χ1v) is 32.2. The van der Waals surface area contributed by atoms with Gasteiger partial charge in [-0.25, -0.2) is 9.97 Å². The number of fused-ring (bicyclic) bond motifs is 10. The molecule has 2 bridgehead atoms. The molecule has 0 radical (unpaired) electrons. The van der Waals surface area contributed by atoms with E-state index in [4.69, 9.17) is 20.2 Å². The molecule has 20 nitrogen and oxygen atoms in total. The molecule has 1 spiro atoms. The monoisotopic (exact) mass is 1170 g/mol. The van der Waals surface area contributed by atoms with Crippen LogP contribution in [0, 0.1) is 97.1 Å². The number of nitrogens with one attached hydrogen (secondary N) is 4. The van der Waals surface area contributed by atoms with Crippen molar-refractivity contribution >= 4 is 17.7 Å². The molecular weight excluding hydrogens is 1070 g/mol. The molecule has 3 aliphatic heterocycles. The first-order chi connectivity index (χ1) is 40.2. The summed E-state index contributed by atoms with van der Waals surface area (Å²) in [6, 6.07) is -0.783. The number of ether oxygens (including phenoxy) is 2. The molecular formula is C64H93N7O13. The number of carboxylic acid groups (broad SMARTS) is 1. The second-order valence-electron chi connectivity index (χ2n) is 30.2. The number of nitrogens with zero attached hydrogens (tertiary/aromatic N) is 2. The molecule has 12 aliphatic rings. The molecule has 2 saturated heterocycles. The normalized spacial score (nSPS) is 49.8. The van der Waals surface area contributed by atoms with Gasteiger partial charge in [0.2, 0.25) is 5.91 Å². The van der Waals surface area contributed by atoms with Gasteiger partial charge < -0.3 is 81.8 Å². The maximum Gasteiger partial charge on any atom is 0.310 e. The molecule has 84 heavy (non-hydrogen) atoms. The van der Waals surface area contributed by atoms with E-state index in [-0.39, 0.29) is 67.0 Å². The van der Waals surface area contributed by atoms with Crippen LogP contribution in [-0.4, -0.2) is 159 Å². The minimum Gasteiger partial charge on any atom is -0.481 e. The molecule has 0 aromatic carbocycles. The number of nitrogens with two attached hydrogens (primary N) is 1. The minimum absolute atomic E-state index is 0.000121. The number of aromatic nitrogens is 4. The Balaban J connectivity index is 1.05. The lowest BCUT2D eigenvalue weighted by Gasteiger charge is -2.80. The van der Waals surface area contributed by atoms with E-state index in [2.05, 4.69) is 51.6 Å².